The average Bonchev–Trinajstić information content (AvgIpc) is 3.39. The van der Waals surface area contributed by atoms with Crippen molar-refractivity contribution in [3.63, 3.8) is 0 Å². The summed E-state index contributed by atoms with van der Waals surface area (Å²) in [5.41, 5.74) is 6.78. The SMILES string of the molecule is CC(C)(c1ccc(N)cn1)c1nnn(Cc2ccc(-c3nnc(C(F)F)o3)c(F)c2)n1. The lowest BCUT2D eigenvalue weighted by Crippen LogP contribution is -2.23. The number of nitrogen functional groups attached to an aromatic ring is 1. The number of pyridine rings is 1. The number of anilines is 1. The van der Waals surface area contributed by atoms with E-state index in [1.165, 1.54) is 16.9 Å². The zero-order chi connectivity index (χ0) is 22.2. The van der Waals surface area contributed by atoms with Gasteiger partial charge in [-0.1, -0.05) is 6.07 Å². The third-order valence-electron chi connectivity index (χ3n) is 4.65. The summed E-state index contributed by atoms with van der Waals surface area (Å²) < 4.78 is 44.5. The van der Waals surface area contributed by atoms with Crippen LogP contribution >= 0.6 is 0 Å². The zero-order valence-corrected chi connectivity index (χ0v) is 16.5. The van der Waals surface area contributed by atoms with Gasteiger partial charge in [0, 0.05) is 0 Å². The first kappa shape index (κ1) is 20.4. The fourth-order valence-electron chi connectivity index (χ4n) is 2.88. The Kier molecular flexibility index (Phi) is 5.13. The second-order valence-electron chi connectivity index (χ2n) is 7.31. The highest BCUT2D eigenvalue weighted by Crippen LogP contribution is 2.28. The number of halogens is 3. The van der Waals surface area contributed by atoms with E-state index in [0.717, 1.165) is 5.69 Å². The van der Waals surface area contributed by atoms with Crippen molar-refractivity contribution in [3.05, 3.63) is 65.3 Å². The summed E-state index contributed by atoms with van der Waals surface area (Å²) in [5, 5.41) is 19.2. The molecule has 4 rings (SSSR count). The first-order valence-corrected chi connectivity index (χ1v) is 9.14. The molecule has 0 atom stereocenters. The molecular formula is C19H17F3N8O. The lowest BCUT2D eigenvalue weighted by Gasteiger charge is -2.19. The standard InChI is InChI=1S/C19H17F3N8O/c1-19(2,14-6-4-11(23)8-24-14)18-27-29-30(28-18)9-10-3-5-12(13(20)7-10)16-25-26-17(31-16)15(21)22/h3-8,15H,9,23H2,1-2H3. The first-order chi connectivity index (χ1) is 14.7. The first-order valence-electron chi connectivity index (χ1n) is 9.14. The summed E-state index contributed by atoms with van der Waals surface area (Å²) >= 11 is 0. The predicted octanol–water partition coefficient (Wildman–Crippen LogP) is 3.15. The van der Waals surface area contributed by atoms with Crippen LogP contribution in [-0.4, -0.2) is 35.4 Å². The summed E-state index contributed by atoms with van der Waals surface area (Å²) in [6, 6.07) is 7.71. The molecule has 0 aliphatic heterocycles. The minimum atomic E-state index is -2.93. The third-order valence-corrected chi connectivity index (χ3v) is 4.65. The molecule has 4 aromatic rings. The van der Waals surface area contributed by atoms with Crippen molar-refractivity contribution in [1.82, 2.24) is 35.4 Å². The summed E-state index contributed by atoms with van der Waals surface area (Å²) in [5.74, 6) is -1.45. The molecule has 160 valence electrons. The molecule has 0 aliphatic rings. The molecule has 0 bridgehead atoms. The minimum Gasteiger partial charge on any atom is -0.415 e. The lowest BCUT2D eigenvalue weighted by molar-refractivity contribution is 0.116. The Bertz CT molecular complexity index is 1200. The molecule has 0 saturated carbocycles. The Morgan fingerprint density at radius 1 is 1.13 bits per heavy atom. The van der Waals surface area contributed by atoms with Gasteiger partial charge in [0.05, 0.1) is 35.1 Å². The van der Waals surface area contributed by atoms with E-state index in [9.17, 15) is 13.2 Å². The van der Waals surface area contributed by atoms with Crippen LogP contribution in [0.3, 0.4) is 0 Å². The normalized spacial score (nSPS) is 11.9. The van der Waals surface area contributed by atoms with Crippen LogP contribution in [0.15, 0.2) is 40.9 Å². The van der Waals surface area contributed by atoms with Crippen molar-refractivity contribution >= 4 is 5.69 Å². The maximum Gasteiger partial charge on any atom is 0.314 e. The van der Waals surface area contributed by atoms with E-state index in [1.807, 2.05) is 13.8 Å². The number of nitrogens with two attached hydrogens (primary N) is 1. The highest BCUT2D eigenvalue weighted by atomic mass is 19.3. The molecular weight excluding hydrogens is 413 g/mol. The van der Waals surface area contributed by atoms with E-state index < -0.39 is 23.5 Å². The predicted molar refractivity (Wildman–Crippen MR) is 102 cm³/mol. The fourth-order valence-corrected chi connectivity index (χ4v) is 2.88. The van der Waals surface area contributed by atoms with Crippen LogP contribution in [0.4, 0.5) is 18.9 Å². The van der Waals surface area contributed by atoms with Gasteiger partial charge in [0.1, 0.15) is 5.82 Å². The van der Waals surface area contributed by atoms with Crippen molar-refractivity contribution in [1.29, 1.82) is 0 Å². The van der Waals surface area contributed by atoms with E-state index >= 15 is 0 Å². The largest absolute Gasteiger partial charge is 0.415 e. The zero-order valence-electron chi connectivity index (χ0n) is 16.5. The van der Waals surface area contributed by atoms with Crippen LogP contribution in [0.2, 0.25) is 0 Å². The van der Waals surface area contributed by atoms with Crippen molar-refractivity contribution in [2.75, 3.05) is 5.73 Å². The Labute approximate surface area is 174 Å². The summed E-state index contributed by atoms with van der Waals surface area (Å²) in [6.45, 7) is 3.94. The van der Waals surface area contributed by atoms with Gasteiger partial charge in [0.15, 0.2) is 5.82 Å². The van der Waals surface area contributed by atoms with Crippen LogP contribution < -0.4 is 5.73 Å². The van der Waals surface area contributed by atoms with Crippen molar-refractivity contribution in [2.45, 2.75) is 32.2 Å². The molecule has 9 nitrogen and oxygen atoms in total. The highest BCUT2D eigenvalue weighted by Gasteiger charge is 2.30. The van der Waals surface area contributed by atoms with Gasteiger partial charge in [-0.15, -0.1) is 20.4 Å². The van der Waals surface area contributed by atoms with Crippen LogP contribution in [0.5, 0.6) is 0 Å². The number of alkyl halides is 2. The highest BCUT2D eigenvalue weighted by molar-refractivity contribution is 5.54. The Morgan fingerprint density at radius 3 is 2.58 bits per heavy atom. The molecule has 0 unspecified atom stereocenters. The average molecular weight is 430 g/mol. The number of hydrogen-bond donors (Lipinski definition) is 1. The van der Waals surface area contributed by atoms with Crippen molar-refractivity contribution < 1.29 is 17.6 Å². The van der Waals surface area contributed by atoms with E-state index in [0.29, 0.717) is 17.1 Å². The maximum absolute atomic E-state index is 14.5. The second-order valence-corrected chi connectivity index (χ2v) is 7.31. The lowest BCUT2D eigenvalue weighted by atomic mass is 9.88. The van der Waals surface area contributed by atoms with E-state index in [4.69, 9.17) is 10.2 Å². The van der Waals surface area contributed by atoms with E-state index in [-0.39, 0.29) is 18.0 Å². The Morgan fingerprint density at radius 2 is 1.94 bits per heavy atom. The Hall–Kier alpha value is -3.83. The number of tetrazole rings is 1. The molecule has 3 heterocycles. The Balaban J connectivity index is 1.53. The molecule has 31 heavy (non-hydrogen) atoms. The van der Waals surface area contributed by atoms with Gasteiger partial charge in [0.25, 0.3) is 11.8 Å². The van der Waals surface area contributed by atoms with Gasteiger partial charge in [-0.25, -0.2) is 4.39 Å². The van der Waals surface area contributed by atoms with E-state index in [1.54, 1.807) is 24.4 Å². The molecule has 0 aliphatic carbocycles. The minimum absolute atomic E-state index is 0.0778. The quantitative estimate of drug-likeness (QED) is 0.495. The molecule has 0 saturated heterocycles. The van der Waals surface area contributed by atoms with Gasteiger partial charge in [-0.2, -0.15) is 13.6 Å². The van der Waals surface area contributed by atoms with Gasteiger partial charge in [-0.05, 0) is 48.9 Å². The number of aromatic nitrogens is 7. The van der Waals surface area contributed by atoms with Crippen LogP contribution in [0.1, 0.15) is 43.2 Å². The summed E-state index contributed by atoms with van der Waals surface area (Å²) in [6.07, 6.45) is -1.37. The van der Waals surface area contributed by atoms with Crippen molar-refractivity contribution in [2.24, 2.45) is 0 Å². The summed E-state index contributed by atoms with van der Waals surface area (Å²) in [4.78, 5) is 5.65. The second kappa shape index (κ2) is 7.78. The number of hydrogen-bond acceptors (Lipinski definition) is 8. The molecule has 12 heteroatoms. The number of benzene rings is 1. The van der Waals surface area contributed by atoms with Gasteiger partial charge >= 0.3 is 6.43 Å². The molecule has 0 fully saturated rings. The summed E-state index contributed by atoms with van der Waals surface area (Å²) in [7, 11) is 0. The fraction of sp³-hybridized carbons (Fsp3) is 0.263. The van der Waals surface area contributed by atoms with Gasteiger partial charge in [0.2, 0.25) is 0 Å². The molecule has 0 spiro atoms. The molecule has 2 N–H and O–H groups in total. The maximum atomic E-state index is 14.5. The number of rotatable bonds is 6. The van der Waals surface area contributed by atoms with Crippen LogP contribution in [0, 0.1) is 5.82 Å². The smallest absolute Gasteiger partial charge is 0.314 e. The molecule has 0 amide bonds. The van der Waals surface area contributed by atoms with Crippen molar-refractivity contribution in [3.8, 4) is 11.5 Å². The number of nitrogens with zero attached hydrogens (tertiary/aromatic N) is 7. The van der Waals surface area contributed by atoms with Crippen LogP contribution in [-0.2, 0) is 12.0 Å². The molecule has 3 aromatic heterocycles. The third kappa shape index (κ3) is 4.09. The molecule has 1 aromatic carbocycles. The molecule has 0 radical (unpaired) electrons. The van der Waals surface area contributed by atoms with Gasteiger partial charge < -0.3 is 10.2 Å². The monoisotopic (exact) mass is 430 g/mol. The van der Waals surface area contributed by atoms with Crippen LogP contribution in [0.25, 0.3) is 11.5 Å². The van der Waals surface area contributed by atoms with E-state index in [2.05, 4.69) is 30.6 Å². The topological polar surface area (TPSA) is 121 Å². The van der Waals surface area contributed by atoms with Gasteiger partial charge in [-0.3, -0.25) is 4.98 Å².